The average molecular weight is 505 g/mol. The smallest absolute Gasteiger partial charge is 0.410 e. The van der Waals surface area contributed by atoms with Gasteiger partial charge in [0.2, 0.25) is 10.0 Å². The Morgan fingerprint density at radius 3 is 2.40 bits per heavy atom. The number of carbonyl (C=O) groups is 1. The molecule has 0 bridgehead atoms. The molecule has 2 aliphatic carbocycles. The van der Waals surface area contributed by atoms with Gasteiger partial charge in [-0.1, -0.05) is 0 Å². The van der Waals surface area contributed by atoms with Gasteiger partial charge in [0, 0.05) is 25.2 Å². The summed E-state index contributed by atoms with van der Waals surface area (Å²) in [5.74, 6) is 0.362. The molecule has 0 atom stereocenters. The number of amides is 1. The summed E-state index contributed by atoms with van der Waals surface area (Å²) in [5, 5.41) is 0.185. The molecule has 3 fully saturated rings. The predicted octanol–water partition coefficient (Wildman–Crippen LogP) is 2.20. The summed E-state index contributed by atoms with van der Waals surface area (Å²) in [5.41, 5.74) is -1.63. The number of benzene rings is 1. The van der Waals surface area contributed by atoms with Gasteiger partial charge in [0.1, 0.15) is 5.60 Å². The Morgan fingerprint density at radius 1 is 1.17 bits per heavy atom. The van der Waals surface area contributed by atoms with Crippen LogP contribution >= 0.6 is 0 Å². The molecule has 1 saturated heterocycles. The van der Waals surface area contributed by atoms with Gasteiger partial charge < -0.3 is 9.64 Å². The van der Waals surface area contributed by atoms with E-state index in [1.807, 2.05) is 6.92 Å². The summed E-state index contributed by atoms with van der Waals surface area (Å²) in [4.78, 5) is 40.8. The zero-order valence-electron chi connectivity index (χ0n) is 20.5. The molecular formula is C24H32N4O6S. The first-order valence-electron chi connectivity index (χ1n) is 12.1. The lowest BCUT2D eigenvalue weighted by molar-refractivity contribution is 0.0000320. The van der Waals surface area contributed by atoms with Crippen LogP contribution in [0.25, 0.3) is 10.9 Å². The van der Waals surface area contributed by atoms with Crippen LogP contribution in [-0.4, -0.2) is 52.8 Å². The molecule has 0 unspecified atom stereocenters. The number of likely N-dealkylation sites (tertiary alicyclic amines) is 1. The SMILES string of the molecule is CC1(NS(=O)(=O)c2ccc3c(c2)c(=O)n(C2CN(C(=O)OC(C)(C)C)C2)c(=O)n3CC2CC2)CC1. The lowest BCUT2D eigenvalue weighted by atomic mass is 10.1. The van der Waals surface area contributed by atoms with Crippen molar-refractivity contribution in [1.29, 1.82) is 0 Å². The molecule has 10 nitrogen and oxygen atoms in total. The second kappa shape index (κ2) is 7.92. The number of hydrogen-bond acceptors (Lipinski definition) is 6. The Bertz CT molecular complexity index is 1420. The normalized spacial score (nSPS) is 20.1. The van der Waals surface area contributed by atoms with Crippen LogP contribution in [0.1, 0.15) is 59.4 Å². The second-order valence-corrected chi connectivity index (χ2v) is 13.1. The largest absolute Gasteiger partial charge is 0.444 e. The fraction of sp³-hybridized carbons (Fsp3) is 0.625. The Kier molecular flexibility index (Phi) is 5.45. The van der Waals surface area contributed by atoms with Crippen molar-refractivity contribution >= 4 is 27.0 Å². The number of nitrogens with zero attached hydrogens (tertiary/aromatic N) is 3. The van der Waals surface area contributed by atoms with E-state index in [1.165, 1.54) is 21.6 Å². The molecule has 1 aliphatic heterocycles. The van der Waals surface area contributed by atoms with Crippen LogP contribution in [0.15, 0.2) is 32.7 Å². The molecule has 5 rings (SSSR count). The van der Waals surface area contributed by atoms with E-state index >= 15 is 0 Å². The summed E-state index contributed by atoms with van der Waals surface area (Å²) in [6.07, 6.45) is 3.07. The number of nitrogens with one attached hydrogen (secondary N) is 1. The Morgan fingerprint density at radius 2 is 1.83 bits per heavy atom. The van der Waals surface area contributed by atoms with Crippen molar-refractivity contribution in [1.82, 2.24) is 18.8 Å². The Balaban J connectivity index is 1.53. The lowest BCUT2D eigenvalue weighted by Crippen LogP contribution is -2.57. The number of fused-ring (bicyclic) bond motifs is 1. The van der Waals surface area contributed by atoms with E-state index in [2.05, 4.69) is 4.72 Å². The van der Waals surface area contributed by atoms with Crippen molar-refractivity contribution < 1.29 is 17.9 Å². The van der Waals surface area contributed by atoms with Gasteiger partial charge in [-0.05, 0) is 77.5 Å². The van der Waals surface area contributed by atoms with Crippen molar-refractivity contribution in [2.45, 2.75) is 82.0 Å². The summed E-state index contributed by atoms with van der Waals surface area (Å²) >= 11 is 0. The minimum atomic E-state index is -3.81. The first-order chi connectivity index (χ1) is 16.3. The van der Waals surface area contributed by atoms with Crippen LogP contribution in [0.3, 0.4) is 0 Å². The highest BCUT2D eigenvalue weighted by Gasteiger charge is 2.41. The maximum atomic E-state index is 13.5. The highest BCUT2D eigenvalue weighted by atomic mass is 32.2. The van der Waals surface area contributed by atoms with Crippen molar-refractivity contribution in [3.05, 3.63) is 39.0 Å². The molecule has 2 saturated carbocycles. The molecule has 1 amide bonds. The van der Waals surface area contributed by atoms with Gasteiger partial charge in [-0.2, -0.15) is 0 Å². The van der Waals surface area contributed by atoms with E-state index in [0.717, 1.165) is 25.7 Å². The van der Waals surface area contributed by atoms with E-state index in [4.69, 9.17) is 4.74 Å². The highest BCUT2D eigenvalue weighted by molar-refractivity contribution is 7.89. The van der Waals surface area contributed by atoms with Gasteiger partial charge in [-0.25, -0.2) is 22.7 Å². The van der Waals surface area contributed by atoms with Gasteiger partial charge in [-0.3, -0.25) is 13.9 Å². The highest BCUT2D eigenvalue weighted by Crippen LogP contribution is 2.36. The molecule has 2 heterocycles. The maximum Gasteiger partial charge on any atom is 0.410 e. The number of rotatable bonds is 6. The van der Waals surface area contributed by atoms with Crippen molar-refractivity contribution in [3.8, 4) is 0 Å². The van der Waals surface area contributed by atoms with E-state index in [0.29, 0.717) is 18.0 Å². The predicted molar refractivity (Wildman–Crippen MR) is 130 cm³/mol. The van der Waals surface area contributed by atoms with E-state index in [1.54, 1.807) is 31.4 Å². The topological polar surface area (TPSA) is 120 Å². The van der Waals surface area contributed by atoms with E-state index in [-0.39, 0.29) is 23.4 Å². The van der Waals surface area contributed by atoms with Crippen molar-refractivity contribution in [3.63, 3.8) is 0 Å². The Hall–Kier alpha value is -2.66. The molecule has 1 aromatic heterocycles. The van der Waals surface area contributed by atoms with Crippen LogP contribution in [0, 0.1) is 5.92 Å². The summed E-state index contributed by atoms with van der Waals surface area (Å²) in [7, 11) is -3.81. The lowest BCUT2D eigenvalue weighted by Gasteiger charge is -2.40. The number of sulfonamides is 1. The Labute approximate surface area is 203 Å². The average Bonchev–Trinajstić information content (AvgIpc) is 3.63. The van der Waals surface area contributed by atoms with E-state index < -0.39 is 44.5 Å². The fourth-order valence-corrected chi connectivity index (χ4v) is 5.85. The number of carbonyl (C=O) groups excluding carboxylic acids is 1. The number of aromatic nitrogens is 2. The van der Waals surface area contributed by atoms with E-state index in [9.17, 15) is 22.8 Å². The minimum absolute atomic E-state index is 0.00221. The summed E-state index contributed by atoms with van der Waals surface area (Å²) in [6, 6.07) is 3.88. The van der Waals surface area contributed by atoms with Crippen LogP contribution in [0.4, 0.5) is 4.79 Å². The fourth-order valence-electron chi connectivity index (χ4n) is 4.36. The summed E-state index contributed by atoms with van der Waals surface area (Å²) < 4.78 is 36.8. The van der Waals surface area contributed by atoms with Crippen molar-refractivity contribution in [2.75, 3.05) is 13.1 Å². The van der Waals surface area contributed by atoms with Crippen LogP contribution in [-0.2, 0) is 21.3 Å². The molecule has 1 aromatic carbocycles. The molecular weight excluding hydrogens is 472 g/mol. The molecule has 190 valence electrons. The zero-order valence-corrected chi connectivity index (χ0v) is 21.4. The van der Waals surface area contributed by atoms with Crippen LogP contribution < -0.4 is 16.0 Å². The molecule has 11 heteroatoms. The quantitative estimate of drug-likeness (QED) is 0.644. The molecule has 1 N–H and O–H groups in total. The minimum Gasteiger partial charge on any atom is -0.444 e. The van der Waals surface area contributed by atoms with Gasteiger partial charge in [-0.15, -0.1) is 0 Å². The van der Waals surface area contributed by atoms with Crippen LogP contribution in [0.2, 0.25) is 0 Å². The van der Waals surface area contributed by atoms with Gasteiger partial charge in [0.05, 0.1) is 21.8 Å². The zero-order chi connectivity index (χ0) is 25.3. The molecule has 0 spiro atoms. The second-order valence-electron chi connectivity index (χ2n) is 11.4. The first-order valence-corrected chi connectivity index (χ1v) is 13.6. The molecule has 35 heavy (non-hydrogen) atoms. The van der Waals surface area contributed by atoms with Gasteiger partial charge >= 0.3 is 11.8 Å². The van der Waals surface area contributed by atoms with Gasteiger partial charge in [0.25, 0.3) is 5.56 Å². The molecule has 2 aromatic rings. The van der Waals surface area contributed by atoms with Gasteiger partial charge in [0.15, 0.2) is 0 Å². The standard InChI is InChI=1S/C24H32N4O6S/c1-23(2,3)34-22(31)26-13-16(14-26)28-20(29)18-11-17(35(32,33)25-24(4)9-10-24)7-8-19(18)27(21(28)30)12-15-5-6-15/h7-8,11,15-16,25H,5-6,9-10,12-14H2,1-4H3. The monoisotopic (exact) mass is 504 g/mol. The summed E-state index contributed by atoms with van der Waals surface area (Å²) in [6.45, 7) is 8.00. The third-order valence-electron chi connectivity index (χ3n) is 6.85. The third-order valence-corrected chi connectivity index (χ3v) is 8.49. The number of hydrogen-bond donors (Lipinski definition) is 1. The molecule has 3 aliphatic rings. The first kappa shape index (κ1) is 24.1. The maximum absolute atomic E-state index is 13.5. The van der Waals surface area contributed by atoms with Crippen LogP contribution in [0.5, 0.6) is 0 Å². The number of ether oxygens (including phenoxy) is 1. The van der Waals surface area contributed by atoms with Crippen molar-refractivity contribution in [2.24, 2.45) is 5.92 Å². The third kappa shape index (κ3) is 4.75. The molecule has 0 radical (unpaired) electrons.